The van der Waals surface area contributed by atoms with E-state index in [1.807, 2.05) is 19.9 Å². The topological polar surface area (TPSA) is 58.1 Å². The highest BCUT2D eigenvalue weighted by atomic mass is 16.1. The van der Waals surface area contributed by atoms with Crippen molar-refractivity contribution in [1.82, 2.24) is 15.3 Å². The summed E-state index contributed by atoms with van der Waals surface area (Å²) in [6.07, 6.45) is 7.02. The third-order valence-electron chi connectivity index (χ3n) is 3.10. The molecule has 1 aliphatic heterocycles. The molecule has 1 amide bonds. The summed E-state index contributed by atoms with van der Waals surface area (Å²) in [5.41, 5.74) is 1.02. The van der Waals surface area contributed by atoms with Crippen LogP contribution in [0.3, 0.4) is 0 Å². The van der Waals surface area contributed by atoms with Crippen LogP contribution in [0.5, 0.6) is 0 Å². The first-order valence-corrected chi connectivity index (χ1v) is 6.62. The number of rotatable bonds is 3. The number of amides is 1. The molecular formula is C14H20N4O. The highest BCUT2D eigenvalue weighted by molar-refractivity contribution is 5.88. The molecule has 1 saturated heterocycles. The number of nitrogens with one attached hydrogen (secondary N) is 1. The van der Waals surface area contributed by atoms with Crippen LogP contribution in [-0.2, 0) is 4.79 Å². The van der Waals surface area contributed by atoms with E-state index in [0.717, 1.165) is 37.5 Å². The van der Waals surface area contributed by atoms with Gasteiger partial charge in [-0.1, -0.05) is 5.57 Å². The largest absolute Gasteiger partial charge is 0.350 e. The van der Waals surface area contributed by atoms with E-state index in [1.54, 1.807) is 18.5 Å². The Morgan fingerprint density at radius 2 is 1.95 bits per heavy atom. The Labute approximate surface area is 113 Å². The van der Waals surface area contributed by atoms with Gasteiger partial charge in [0.15, 0.2) is 0 Å². The van der Waals surface area contributed by atoms with E-state index in [1.165, 1.54) is 0 Å². The van der Waals surface area contributed by atoms with Gasteiger partial charge in [0.05, 0.1) is 0 Å². The highest BCUT2D eigenvalue weighted by Gasteiger charge is 2.21. The van der Waals surface area contributed by atoms with Gasteiger partial charge in [0.2, 0.25) is 11.9 Å². The van der Waals surface area contributed by atoms with E-state index < -0.39 is 0 Å². The summed E-state index contributed by atoms with van der Waals surface area (Å²) in [5, 5.41) is 3.04. The quantitative estimate of drug-likeness (QED) is 0.837. The van der Waals surface area contributed by atoms with Crippen LogP contribution in [0.2, 0.25) is 0 Å². The minimum Gasteiger partial charge on any atom is -0.350 e. The number of nitrogens with zero attached hydrogens (tertiary/aromatic N) is 3. The van der Waals surface area contributed by atoms with Crippen LogP contribution in [0.1, 0.15) is 26.7 Å². The van der Waals surface area contributed by atoms with Gasteiger partial charge in [-0.3, -0.25) is 4.79 Å². The fourth-order valence-electron chi connectivity index (χ4n) is 2.18. The van der Waals surface area contributed by atoms with Gasteiger partial charge in [-0.05, 0) is 32.8 Å². The van der Waals surface area contributed by atoms with Crippen molar-refractivity contribution in [3.05, 3.63) is 30.1 Å². The Balaban J connectivity index is 1.83. The Bertz CT molecular complexity index is 446. The van der Waals surface area contributed by atoms with Crippen LogP contribution in [0.15, 0.2) is 30.1 Å². The number of anilines is 1. The van der Waals surface area contributed by atoms with Crippen molar-refractivity contribution in [3.63, 3.8) is 0 Å². The van der Waals surface area contributed by atoms with E-state index in [0.29, 0.717) is 0 Å². The monoisotopic (exact) mass is 260 g/mol. The molecule has 0 aliphatic carbocycles. The summed E-state index contributed by atoms with van der Waals surface area (Å²) in [6, 6.07) is 2.07. The molecule has 0 spiro atoms. The molecule has 19 heavy (non-hydrogen) atoms. The molecule has 0 atom stereocenters. The van der Waals surface area contributed by atoms with Gasteiger partial charge in [0.25, 0.3) is 0 Å². The summed E-state index contributed by atoms with van der Waals surface area (Å²) >= 11 is 0. The maximum atomic E-state index is 11.6. The molecule has 1 fully saturated rings. The Hall–Kier alpha value is -1.91. The van der Waals surface area contributed by atoms with Crippen LogP contribution in [0, 0.1) is 0 Å². The third-order valence-corrected chi connectivity index (χ3v) is 3.10. The molecule has 0 saturated carbocycles. The Kier molecular flexibility index (Phi) is 4.49. The molecule has 2 heterocycles. The van der Waals surface area contributed by atoms with Crippen molar-refractivity contribution in [3.8, 4) is 0 Å². The van der Waals surface area contributed by atoms with Crippen molar-refractivity contribution in [2.24, 2.45) is 0 Å². The first-order valence-electron chi connectivity index (χ1n) is 6.62. The Morgan fingerprint density at radius 3 is 2.53 bits per heavy atom. The van der Waals surface area contributed by atoms with Gasteiger partial charge >= 0.3 is 0 Å². The van der Waals surface area contributed by atoms with Gasteiger partial charge < -0.3 is 10.2 Å². The molecular weight excluding hydrogens is 240 g/mol. The van der Waals surface area contributed by atoms with Crippen molar-refractivity contribution in [1.29, 1.82) is 0 Å². The van der Waals surface area contributed by atoms with Gasteiger partial charge in [-0.15, -0.1) is 0 Å². The smallest absolute Gasteiger partial charge is 0.244 e. The number of aromatic nitrogens is 2. The van der Waals surface area contributed by atoms with Gasteiger partial charge in [-0.2, -0.15) is 0 Å². The van der Waals surface area contributed by atoms with Crippen molar-refractivity contribution in [2.75, 3.05) is 18.0 Å². The normalized spacial score (nSPS) is 16.0. The molecule has 0 bridgehead atoms. The van der Waals surface area contributed by atoms with Crippen LogP contribution in [0.25, 0.3) is 0 Å². The van der Waals surface area contributed by atoms with Crippen molar-refractivity contribution < 1.29 is 4.79 Å². The molecule has 1 aromatic heterocycles. The molecule has 1 aromatic rings. The fraction of sp³-hybridized carbons (Fsp3) is 0.500. The van der Waals surface area contributed by atoms with Gasteiger partial charge in [-0.25, -0.2) is 9.97 Å². The first-order chi connectivity index (χ1) is 9.15. The Morgan fingerprint density at radius 1 is 1.32 bits per heavy atom. The number of allylic oxidation sites excluding steroid dienone is 1. The molecule has 1 N–H and O–H groups in total. The van der Waals surface area contributed by atoms with E-state index in [4.69, 9.17) is 0 Å². The highest BCUT2D eigenvalue weighted by Crippen LogP contribution is 2.15. The molecule has 0 unspecified atom stereocenters. The second kappa shape index (κ2) is 6.31. The lowest BCUT2D eigenvalue weighted by Crippen LogP contribution is -2.44. The zero-order valence-electron chi connectivity index (χ0n) is 11.5. The predicted molar refractivity (Wildman–Crippen MR) is 74.8 cm³/mol. The van der Waals surface area contributed by atoms with E-state index >= 15 is 0 Å². The van der Waals surface area contributed by atoms with Crippen LogP contribution in [0.4, 0.5) is 5.95 Å². The summed E-state index contributed by atoms with van der Waals surface area (Å²) < 4.78 is 0. The lowest BCUT2D eigenvalue weighted by atomic mass is 10.1. The number of carbonyl (C=O) groups is 1. The summed E-state index contributed by atoms with van der Waals surface area (Å²) in [4.78, 5) is 22.3. The van der Waals surface area contributed by atoms with E-state index in [-0.39, 0.29) is 11.9 Å². The van der Waals surface area contributed by atoms with Crippen LogP contribution >= 0.6 is 0 Å². The van der Waals surface area contributed by atoms with Gasteiger partial charge in [0.1, 0.15) is 0 Å². The number of piperidine rings is 1. The maximum Gasteiger partial charge on any atom is 0.244 e. The molecule has 1 aliphatic rings. The minimum absolute atomic E-state index is 0.00871. The zero-order chi connectivity index (χ0) is 13.7. The fourth-order valence-corrected chi connectivity index (χ4v) is 2.18. The average molecular weight is 260 g/mol. The summed E-state index contributed by atoms with van der Waals surface area (Å²) in [5.74, 6) is 0.783. The van der Waals surface area contributed by atoms with E-state index in [2.05, 4.69) is 20.2 Å². The zero-order valence-corrected chi connectivity index (χ0v) is 11.5. The van der Waals surface area contributed by atoms with Gasteiger partial charge in [0, 0.05) is 37.6 Å². The maximum absolute atomic E-state index is 11.6. The van der Waals surface area contributed by atoms with Crippen molar-refractivity contribution in [2.45, 2.75) is 32.7 Å². The summed E-state index contributed by atoms with van der Waals surface area (Å²) in [6.45, 7) is 5.61. The first kappa shape index (κ1) is 13.5. The van der Waals surface area contributed by atoms with Crippen LogP contribution in [-0.4, -0.2) is 35.0 Å². The second-order valence-electron chi connectivity index (χ2n) is 5.04. The minimum atomic E-state index is 0.00871. The van der Waals surface area contributed by atoms with Crippen molar-refractivity contribution >= 4 is 11.9 Å². The molecule has 102 valence electrons. The molecule has 5 heteroatoms. The SMILES string of the molecule is CC(C)=CC(=O)NC1CCN(c2ncccn2)CC1. The molecule has 5 nitrogen and oxygen atoms in total. The number of carbonyl (C=O) groups excluding carboxylic acids is 1. The summed E-state index contributed by atoms with van der Waals surface area (Å²) in [7, 11) is 0. The standard InChI is InChI=1S/C14H20N4O/c1-11(2)10-13(19)17-12-4-8-18(9-5-12)14-15-6-3-7-16-14/h3,6-7,10,12H,4-5,8-9H2,1-2H3,(H,17,19). The number of hydrogen-bond donors (Lipinski definition) is 1. The van der Waals surface area contributed by atoms with Crippen LogP contribution < -0.4 is 10.2 Å². The third kappa shape index (κ3) is 4.05. The lowest BCUT2D eigenvalue weighted by molar-refractivity contribution is -0.117. The molecule has 0 aromatic carbocycles. The second-order valence-corrected chi connectivity index (χ2v) is 5.04. The predicted octanol–water partition coefficient (Wildman–Crippen LogP) is 1.53. The molecule has 0 radical (unpaired) electrons. The lowest BCUT2D eigenvalue weighted by Gasteiger charge is -2.32. The average Bonchev–Trinajstić information content (AvgIpc) is 2.39. The van der Waals surface area contributed by atoms with E-state index in [9.17, 15) is 4.79 Å². The molecule has 2 rings (SSSR count). The number of hydrogen-bond acceptors (Lipinski definition) is 4.